The van der Waals surface area contributed by atoms with E-state index in [0.29, 0.717) is 19.6 Å². The van der Waals surface area contributed by atoms with Gasteiger partial charge >= 0.3 is 0 Å². The summed E-state index contributed by atoms with van der Waals surface area (Å²) in [6.07, 6.45) is 1.10. The number of hydrogen-bond acceptors (Lipinski definition) is 6. The third kappa shape index (κ3) is 7.62. The Morgan fingerprint density at radius 3 is 1.80 bits per heavy atom. The van der Waals surface area contributed by atoms with Crippen molar-refractivity contribution in [2.75, 3.05) is 13.2 Å². The van der Waals surface area contributed by atoms with E-state index in [0.717, 1.165) is 6.42 Å². The fourth-order valence-electron chi connectivity index (χ4n) is 5.81. The molecule has 1 heterocycles. The highest BCUT2D eigenvalue weighted by Gasteiger charge is 2.43. The third-order valence-electron chi connectivity index (χ3n) is 7.48. The number of hydrogen-bond donors (Lipinski definition) is 1. The van der Waals surface area contributed by atoms with E-state index in [1.54, 1.807) is 0 Å². The fraction of sp³-hybridized carbons (Fsp3) is 0.441. The van der Waals surface area contributed by atoms with Crippen LogP contribution in [-0.2, 0) is 19.3 Å². The molecule has 0 aliphatic carbocycles. The van der Waals surface area contributed by atoms with E-state index in [1.165, 1.54) is 16.7 Å². The second-order valence-corrected chi connectivity index (χ2v) is 12.6. The quantitative estimate of drug-likeness (QED) is 0.123. The zero-order chi connectivity index (χ0) is 29.2. The first-order valence-electron chi connectivity index (χ1n) is 14.7. The van der Waals surface area contributed by atoms with Crippen molar-refractivity contribution < 1.29 is 13.8 Å². The van der Waals surface area contributed by atoms with E-state index in [-0.39, 0.29) is 30.3 Å². The topological polar surface area (TPSA) is 66.8 Å². The minimum atomic E-state index is -1.35. The summed E-state index contributed by atoms with van der Waals surface area (Å²) in [5.74, 6) is 0. The molecule has 218 valence electrons. The molecule has 41 heavy (non-hydrogen) atoms. The van der Waals surface area contributed by atoms with Gasteiger partial charge in [-0.3, -0.25) is 5.32 Å². The van der Waals surface area contributed by atoms with Gasteiger partial charge in [-0.25, -0.2) is 4.67 Å². The lowest BCUT2D eigenvalue weighted by Gasteiger charge is -2.41. The van der Waals surface area contributed by atoms with Gasteiger partial charge in [-0.05, 0) is 57.7 Å². The lowest BCUT2D eigenvalue weighted by molar-refractivity contribution is 0.0120. The Hall–Kier alpha value is -2.62. The van der Waals surface area contributed by atoms with Crippen LogP contribution in [0.15, 0.2) is 91.0 Å². The summed E-state index contributed by atoms with van der Waals surface area (Å²) in [7, 11) is -1.35. The molecule has 0 aromatic heterocycles. The SMILES string of the molecule is CC(C)N(C(C)C)P(OCCC#N)OC[C@H]1O[C@@H](C)CC1NC(c1ccccc1)(c1ccccc1)c1ccccc1. The van der Waals surface area contributed by atoms with Crippen LogP contribution in [0.2, 0.25) is 0 Å². The summed E-state index contributed by atoms with van der Waals surface area (Å²) < 4.78 is 21.5. The number of nitrogens with zero attached hydrogens (tertiary/aromatic N) is 2. The Morgan fingerprint density at radius 1 is 0.878 bits per heavy atom. The standard InChI is InChI=1S/C34H44N3O3P/c1-26(2)37(27(3)4)41(38-23-15-22-35)39-25-33-32(24-28(5)40-33)36-34(29-16-9-6-10-17-29,30-18-11-7-12-19-30)31-20-13-8-14-21-31/h6-14,16-21,26-28,32-33,36H,15,23-25H2,1-5H3/t28-,32?,33+,41?/m0/s1. The molecule has 1 saturated heterocycles. The highest BCUT2D eigenvalue weighted by Crippen LogP contribution is 2.47. The number of nitriles is 1. The molecule has 3 aromatic carbocycles. The van der Waals surface area contributed by atoms with Crippen LogP contribution in [0.5, 0.6) is 0 Å². The lowest BCUT2D eigenvalue weighted by atomic mass is 9.76. The van der Waals surface area contributed by atoms with Crippen LogP contribution in [0.4, 0.5) is 0 Å². The average molecular weight is 574 g/mol. The normalized spacial score (nSPS) is 20.0. The smallest absolute Gasteiger partial charge is 0.259 e. The average Bonchev–Trinajstić information content (AvgIpc) is 3.33. The summed E-state index contributed by atoms with van der Waals surface area (Å²) in [5.41, 5.74) is 2.93. The van der Waals surface area contributed by atoms with E-state index in [9.17, 15) is 0 Å². The molecule has 0 radical (unpaired) electrons. The van der Waals surface area contributed by atoms with Crippen LogP contribution < -0.4 is 5.32 Å². The van der Waals surface area contributed by atoms with Crippen molar-refractivity contribution in [2.24, 2.45) is 0 Å². The molecule has 0 spiro atoms. The molecule has 4 rings (SSSR count). The van der Waals surface area contributed by atoms with Gasteiger partial charge in [-0.1, -0.05) is 91.0 Å². The Kier molecular flexibility index (Phi) is 11.5. The highest BCUT2D eigenvalue weighted by atomic mass is 31.2. The van der Waals surface area contributed by atoms with Crippen molar-refractivity contribution in [1.29, 1.82) is 5.26 Å². The van der Waals surface area contributed by atoms with Gasteiger partial charge in [-0.2, -0.15) is 5.26 Å². The summed E-state index contributed by atoms with van der Waals surface area (Å²) >= 11 is 0. The molecule has 0 saturated carbocycles. The first kappa shape index (κ1) is 31.3. The molecular weight excluding hydrogens is 529 g/mol. The van der Waals surface area contributed by atoms with E-state index < -0.39 is 14.1 Å². The van der Waals surface area contributed by atoms with E-state index in [2.05, 4.69) is 142 Å². The first-order chi connectivity index (χ1) is 19.9. The van der Waals surface area contributed by atoms with Crippen LogP contribution >= 0.6 is 8.53 Å². The summed E-state index contributed by atoms with van der Waals surface area (Å²) in [6.45, 7) is 11.5. The molecule has 0 amide bonds. The minimum absolute atomic E-state index is 0.0214. The van der Waals surface area contributed by atoms with Crippen molar-refractivity contribution in [2.45, 2.75) is 83.3 Å². The van der Waals surface area contributed by atoms with Crippen LogP contribution in [-0.4, -0.2) is 48.2 Å². The molecule has 0 bridgehead atoms. The minimum Gasteiger partial charge on any atom is -0.371 e. The van der Waals surface area contributed by atoms with Crippen molar-refractivity contribution in [3.8, 4) is 6.07 Å². The van der Waals surface area contributed by atoms with Crippen molar-refractivity contribution >= 4 is 8.53 Å². The number of nitrogens with one attached hydrogen (secondary N) is 1. The van der Waals surface area contributed by atoms with Gasteiger partial charge < -0.3 is 13.8 Å². The molecule has 1 aliphatic heterocycles. The van der Waals surface area contributed by atoms with Crippen molar-refractivity contribution in [3.05, 3.63) is 108 Å². The van der Waals surface area contributed by atoms with Gasteiger partial charge in [0.05, 0.1) is 43.5 Å². The second kappa shape index (κ2) is 15.0. The van der Waals surface area contributed by atoms with Crippen molar-refractivity contribution in [1.82, 2.24) is 9.99 Å². The zero-order valence-corrected chi connectivity index (χ0v) is 25.8. The maximum absolute atomic E-state index is 9.09. The van der Waals surface area contributed by atoms with Crippen molar-refractivity contribution in [3.63, 3.8) is 0 Å². The molecule has 4 atom stereocenters. The molecular formula is C34H44N3O3P. The molecule has 7 heteroatoms. The van der Waals surface area contributed by atoms with Gasteiger partial charge in [0.25, 0.3) is 8.53 Å². The Bertz CT molecular complexity index is 1120. The van der Waals surface area contributed by atoms with Gasteiger partial charge in [0.2, 0.25) is 0 Å². The number of ether oxygens (including phenoxy) is 1. The first-order valence-corrected chi connectivity index (χ1v) is 15.8. The molecule has 6 nitrogen and oxygen atoms in total. The number of rotatable bonds is 14. The van der Waals surface area contributed by atoms with Gasteiger partial charge in [-0.15, -0.1) is 0 Å². The third-order valence-corrected chi connectivity index (χ3v) is 9.55. The summed E-state index contributed by atoms with van der Waals surface area (Å²) in [6, 6.07) is 34.7. The monoisotopic (exact) mass is 573 g/mol. The molecule has 1 aliphatic rings. The van der Waals surface area contributed by atoms with E-state index >= 15 is 0 Å². The maximum Gasteiger partial charge on any atom is 0.259 e. The molecule has 3 aromatic rings. The maximum atomic E-state index is 9.09. The van der Waals surface area contributed by atoms with Gasteiger partial charge in [0.1, 0.15) is 0 Å². The second-order valence-electron chi connectivity index (χ2n) is 11.2. The highest BCUT2D eigenvalue weighted by molar-refractivity contribution is 7.44. The number of benzene rings is 3. The van der Waals surface area contributed by atoms with Crippen LogP contribution in [0.1, 0.15) is 64.2 Å². The van der Waals surface area contributed by atoms with E-state index in [1.807, 2.05) is 0 Å². The largest absolute Gasteiger partial charge is 0.371 e. The Labute approximate surface area is 247 Å². The predicted octanol–water partition coefficient (Wildman–Crippen LogP) is 7.41. The van der Waals surface area contributed by atoms with Crippen LogP contribution in [0.3, 0.4) is 0 Å². The summed E-state index contributed by atoms with van der Waals surface area (Å²) in [5, 5.41) is 13.2. The molecule has 1 fully saturated rings. The molecule has 1 N–H and O–H groups in total. The van der Waals surface area contributed by atoms with E-state index in [4.69, 9.17) is 19.0 Å². The summed E-state index contributed by atoms with van der Waals surface area (Å²) in [4.78, 5) is 0. The molecule has 2 unspecified atom stereocenters. The predicted molar refractivity (Wildman–Crippen MR) is 166 cm³/mol. The fourth-order valence-corrected chi connectivity index (χ4v) is 7.43. The lowest BCUT2D eigenvalue weighted by Crippen LogP contribution is -2.53. The van der Waals surface area contributed by atoms with Gasteiger partial charge in [0.15, 0.2) is 0 Å². The zero-order valence-electron chi connectivity index (χ0n) is 24.9. The Balaban J connectivity index is 1.68. The van der Waals surface area contributed by atoms with Crippen LogP contribution in [0.25, 0.3) is 0 Å². The van der Waals surface area contributed by atoms with Crippen LogP contribution in [0, 0.1) is 11.3 Å². The Morgan fingerprint density at radius 2 is 1.37 bits per heavy atom. The van der Waals surface area contributed by atoms with Gasteiger partial charge in [0, 0.05) is 18.1 Å².